The number of aromatic hydroxyl groups is 1. The number of nitrogens with zero attached hydrogens (tertiary/aromatic N) is 1. The number of rotatable bonds is 3. The monoisotopic (exact) mass is 596 g/mol. The Bertz CT molecular complexity index is 1020. The molecule has 0 atom stereocenters. The van der Waals surface area contributed by atoms with E-state index in [-0.39, 0.29) is 11.5 Å². The lowest BCUT2D eigenvalue weighted by molar-refractivity contribution is 0.0929. The second kappa shape index (κ2) is 7.65. The summed E-state index contributed by atoms with van der Waals surface area (Å²) in [5, 5.41) is 15.0. The molecule has 0 fully saturated rings. The van der Waals surface area contributed by atoms with Crippen LogP contribution in [0.15, 0.2) is 48.8 Å². The van der Waals surface area contributed by atoms with Crippen LogP contribution < -0.4 is 5.43 Å². The van der Waals surface area contributed by atoms with E-state index in [0.29, 0.717) is 19.7 Å². The number of nitrogens with one attached hydrogen (secondary N) is 1. The number of hydrogen-bond donors (Lipinski definition) is 2. The molecule has 25 heavy (non-hydrogen) atoms. The Morgan fingerprint density at radius 3 is 2.80 bits per heavy atom. The number of hydrogen-bond acceptors (Lipinski definition) is 4. The van der Waals surface area contributed by atoms with Crippen LogP contribution in [0.25, 0.3) is 11.0 Å². The zero-order valence-corrected chi connectivity index (χ0v) is 18.3. The van der Waals surface area contributed by atoms with Gasteiger partial charge in [0, 0.05) is 20.4 Å². The highest BCUT2D eigenvalue weighted by molar-refractivity contribution is 14.1. The fourth-order valence-electron chi connectivity index (χ4n) is 2.09. The molecule has 3 aromatic rings. The molecule has 0 aliphatic carbocycles. The molecule has 0 saturated carbocycles. The van der Waals surface area contributed by atoms with Crippen molar-refractivity contribution in [2.75, 3.05) is 0 Å². The molecule has 3 rings (SSSR count). The van der Waals surface area contributed by atoms with E-state index in [2.05, 4.69) is 42.4 Å². The zero-order chi connectivity index (χ0) is 18.1. The third-order valence-corrected chi connectivity index (χ3v) is 5.27. The average Bonchev–Trinajstić information content (AvgIpc) is 2.96. The van der Waals surface area contributed by atoms with Crippen molar-refractivity contribution in [3.05, 3.63) is 59.2 Å². The van der Waals surface area contributed by atoms with Gasteiger partial charge in [0.25, 0.3) is 0 Å². The molecule has 0 aliphatic rings. The van der Waals surface area contributed by atoms with Gasteiger partial charge in [0.15, 0.2) is 5.76 Å². The highest BCUT2D eigenvalue weighted by Gasteiger charge is 2.14. The van der Waals surface area contributed by atoms with E-state index in [9.17, 15) is 9.90 Å². The lowest BCUT2D eigenvalue weighted by atomic mass is 10.2. The Hall–Kier alpha value is -1.10. The number of halogens is 4. The minimum absolute atomic E-state index is 0.0421. The normalized spacial score (nSPS) is 11.4. The number of fused-ring (bicyclic) bond motifs is 1. The topological polar surface area (TPSA) is 74.8 Å². The Morgan fingerprint density at radius 1 is 1.28 bits per heavy atom. The van der Waals surface area contributed by atoms with Crippen molar-refractivity contribution in [2.45, 2.75) is 0 Å². The molecule has 9 heteroatoms. The molecular weight excluding hydrogens is 590 g/mol. The average molecular weight is 598 g/mol. The van der Waals surface area contributed by atoms with E-state index >= 15 is 0 Å². The first-order valence-electron chi connectivity index (χ1n) is 6.75. The molecule has 2 aromatic carbocycles. The van der Waals surface area contributed by atoms with Gasteiger partial charge in [0.2, 0.25) is 0 Å². The van der Waals surface area contributed by atoms with E-state index in [1.165, 1.54) is 6.21 Å². The van der Waals surface area contributed by atoms with Gasteiger partial charge in [-0.25, -0.2) is 5.43 Å². The van der Waals surface area contributed by atoms with Crippen LogP contribution >= 0.6 is 66.1 Å². The van der Waals surface area contributed by atoms with Gasteiger partial charge in [-0.2, -0.15) is 5.10 Å². The van der Waals surface area contributed by atoms with E-state index in [4.69, 9.17) is 16.0 Å². The first-order valence-corrected chi connectivity index (χ1v) is 9.79. The summed E-state index contributed by atoms with van der Waals surface area (Å²) in [5.41, 5.74) is 3.33. The molecule has 0 bridgehead atoms. The lowest BCUT2D eigenvalue weighted by Gasteiger charge is -2.02. The maximum Gasteiger partial charge on any atom is 0.307 e. The standard InChI is InChI=1S/C16H8Br2ClIN2O3/c17-9-1-7-3-13(25-15(7)11(18)4-9)16(24)22-21-6-8-2-10(19)5-12(20)14(8)23/h1-6,23H,(H,22,24)/b21-6-. The number of carbonyl (C=O) groups excluding carboxylic acids is 1. The Labute approximate surface area is 177 Å². The molecule has 1 amide bonds. The SMILES string of the molecule is O=C(N/N=C\c1cc(Cl)cc(I)c1O)c1cc2cc(Br)cc(Br)c2o1. The van der Waals surface area contributed by atoms with Crippen LogP contribution in [0.2, 0.25) is 5.02 Å². The Balaban J connectivity index is 1.80. The van der Waals surface area contributed by atoms with Gasteiger partial charge < -0.3 is 9.52 Å². The highest BCUT2D eigenvalue weighted by Crippen LogP contribution is 2.31. The summed E-state index contributed by atoms with van der Waals surface area (Å²) >= 11 is 14.7. The second-order valence-corrected chi connectivity index (χ2v) is 8.31. The number of carbonyl (C=O) groups is 1. The van der Waals surface area contributed by atoms with Crippen LogP contribution in [0.4, 0.5) is 0 Å². The molecule has 2 N–H and O–H groups in total. The summed E-state index contributed by atoms with van der Waals surface area (Å²) in [6.07, 6.45) is 1.32. The molecular formula is C16H8Br2ClIN2O3. The van der Waals surface area contributed by atoms with E-state index < -0.39 is 5.91 Å². The minimum Gasteiger partial charge on any atom is -0.506 e. The number of furan rings is 1. The third kappa shape index (κ3) is 4.18. The maximum atomic E-state index is 12.2. The van der Waals surface area contributed by atoms with Crippen LogP contribution in [0.1, 0.15) is 16.1 Å². The van der Waals surface area contributed by atoms with Crippen LogP contribution in [-0.2, 0) is 0 Å². The fraction of sp³-hybridized carbons (Fsp3) is 0. The van der Waals surface area contributed by atoms with Gasteiger partial charge in [0.1, 0.15) is 11.3 Å². The molecule has 5 nitrogen and oxygen atoms in total. The number of hydrazone groups is 1. The van der Waals surface area contributed by atoms with Gasteiger partial charge in [-0.3, -0.25) is 4.79 Å². The van der Waals surface area contributed by atoms with E-state index in [1.54, 1.807) is 18.2 Å². The predicted octanol–water partition coefficient (Wildman–Crippen LogP) is 5.69. The summed E-state index contributed by atoms with van der Waals surface area (Å²) < 4.78 is 7.74. The van der Waals surface area contributed by atoms with Gasteiger partial charge >= 0.3 is 5.91 Å². The number of benzene rings is 2. The first kappa shape index (κ1) is 18.7. The highest BCUT2D eigenvalue weighted by atomic mass is 127. The van der Waals surface area contributed by atoms with Crippen LogP contribution in [0.5, 0.6) is 5.75 Å². The van der Waals surface area contributed by atoms with Crippen LogP contribution in [0, 0.1) is 3.57 Å². The summed E-state index contributed by atoms with van der Waals surface area (Å²) in [6.45, 7) is 0. The second-order valence-electron chi connectivity index (χ2n) is 4.94. The van der Waals surface area contributed by atoms with Gasteiger partial charge in [0.05, 0.1) is 14.3 Å². The van der Waals surface area contributed by atoms with E-state index in [1.807, 2.05) is 34.7 Å². The quantitative estimate of drug-likeness (QED) is 0.231. The number of phenolic OH excluding ortho intramolecular Hbond substituents is 1. The van der Waals surface area contributed by atoms with Crippen LogP contribution in [0.3, 0.4) is 0 Å². The summed E-state index contributed by atoms with van der Waals surface area (Å²) in [7, 11) is 0. The van der Waals surface area contributed by atoms with Crippen molar-refractivity contribution in [1.29, 1.82) is 0 Å². The third-order valence-electron chi connectivity index (χ3n) is 3.19. The Morgan fingerprint density at radius 2 is 2.04 bits per heavy atom. The first-order chi connectivity index (χ1) is 11.8. The predicted molar refractivity (Wildman–Crippen MR) is 113 cm³/mol. The largest absolute Gasteiger partial charge is 0.506 e. The molecule has 0 radical (unpaired) electrons. The smallest absolute Gasteiger partial charge is 0.307 e. The summed E-state index contributed by atoms with van der Waals surface area (Å²) in [4.78, 5) is 12.2. The van der Waals surface area contributed by atoms with Crippen molar-refractivity contribution < 1.29 is 14.3 Å². The van der Waals surface area contributed by atoms with Crippen molar-refractivity contribution in [3.8, 4) is 5.75 Å². The maximum absolute atomic E-state index is 12.2. The Kier molecular flexibility index (Phi) is 5.71. The zero-order valence-electron chi connectivity index (χ0n) is 12.2. The molecule has 1 aromatic heterocycles. The summed E-state index contributed by atoms with van der Waals surface area (Å²) in [6, 6.07) is 8.46. The van der Waals surface area contributed by atoms with Gasteiger partial charge in [-0.1, -0.05) is 27.5 Å². The van der Waals surface area contributed by atoms with E-state index in [0.717, 1.165) is 14.3 Å². The molecule has 0 saturated heterocycles. The van der Waals surface area contributed by atoms with Crippen molar-refractivity contribution >= 4 is 89.1 Å². The minimum atomic E-state index is -0.508. The number of amides is 1. The number of phenols is 1. The van der Waals surface area contributed by atoms with Crippen molar-refractivity contribution in [1.82, 2.24) is 5.43 Å². The fourth-order valence-corrected chi connectivity index (χ4v) is 4.48. The summed E-state index contributed by atoms with van der Waals surface area (Å²) in [5.74, 6) is -0.344. The molecule has 0 spiro atoms. The van der Waals surface area contributed by atoms with Gasteiger partial charge in [-0.05, 0) is 68.9 Å². The molecule has 128 valence electrons. The van der Waals surface area contributed by atoms with Crippen LogP contribution in [-0.4, -0.2) is 17.2 Å². The van der Waals surface area contributed by atoms with Crippen molar-refractivity contribution in [3.63, 3.8) is 0 Å². The molecule has 1 heterocycles. The molecule has 0 unspecified atom stereocenters. The van der Waals surface area contributed by atoms with Crippen molar-refractivity contribution in [2.24, 2.45) is 5.10 Å². The molecule has 0 aliphatic heterocycles. The van der Waals surface area contributed by atoms with Gasteiger partial charge in [-0.15, -0.1) is 0 Å². The lowest BCUT2D eigenvalue weighted by Crippen LogP contribution is -2.16.